The number of carbonyl (C=O) groups is 1. The first-order chi connectivity index (χ1) is 10.3. The number of benzene rings is 2. The van der Waals surface area contributed by atoms with Crippen LogP contribution in [0.15, 0.2) is 46.9 Å². The molecule has 0 aromatic heterocycles. The molecule has 0 unspecified atom stereocenters. The van der Waals surface area contributed by atoms with Crippen LogP contribution < -0.4 is 5.32 Å². The Morgan fingerprint density at radius 3 is 2.36 bits per heavy atom. The molecule has 0 fully saturated rings. The number of rotatable bonds is 1. The van der Waals surface area contributed by atoms with Crippen molar-refractivity contribution in [3.05, 3.63) is 63.6 Å². The highest BCUT2D eigenvalue weighted by molar-refractivity contribution is 9.10. The summed E-state index contributed by atoms with van der Waals surface area (Å²) in [5, 5.41) is 2.48. The summed E-state index contributed by atoms with van der Waals surface area (Å²) in [5.74, 6) is -0.405. The summed E-state index contributed by atoms with van der Waals surface area (Å²) in [6.45, 7) is 0. The molecular weight excluding hydrogens is 359 g/mol. The number of halogens is 4. The Hall–Kier alpha value is -2.08. The first-order valence-corrected chi connectivity index (χ1v) is 7.14. The molecule has 1 N–H and O–H groups in total. The van der Waals surface area contributed by atoms with Crippen LogP contribution in [0.3, 0.4) is 0 Å². The van der Waals surface area contributed by atoms with Gasteiger partial charge < -0.3 is 5.32 Å². The van der Waals surface area contributed by atoms with Gasteiger partial charge in [0.1, 0.15) is 0 Å². The zero-order chi connectivity index (χ0) is 15.9. The van der Waals surface area contributed by atoms with Crippen molar-refractivity contribution in [1.82, 2.24) is 0 Å². The lowest BCUT2D eigenvalue weighted by Gasteiger charge is -2.08. The predicted octanol–water partition coefficient (Wildman–Crippen LogP) is 4.96. The predicted molar refractivity (Wildman–Crippen MR) is 82.1 cm³/mol. The van der Waals surface area contributed by atoms with Crippen LogP contribution >= 0.6 is 15.9 Å². The average Bonchev–Trinajstić information content (AvgIpc) is 2.76. The molecule has 0 atom stereocenters. The lowest BCUT2D eigenvalue weighted by Crippen LogP contribution is -2.06. The fourth-order valence-corrected chi connectivity index (χ4v) is 2.50. The molecule has 22 heavy (non-hydrogen) atoms. The van der Waals surface area contributed by atoms with Crippen molar-refractivity contribution in [2.75, 3.05) is 5.32 Å². The molecule has 0 aliphatic carbocycles. The van der Waals surface area contributed by atoms with Crippen LogP contribution in [0.4, 0.5) is 18.9 Å². The molecule has 0 spiro atoms. The van der Waals surface area contributed by atoms with Gasteiger partial charge in [-0.1, -0.05) is 34.1 Å². The molecule has 0 radical (unpaired) electrons. The molecule has 3 rings (SSSR count). The molecule has 0 saturated carbocycles. The molecular formula is C16H9BrF3NO. The lowest BCUT2D eigenvalue weighted by atomic mass is 10.0. The fraction of sp³-hybridized carbons (Fsp3) is 0.0625. The minimum absolute atomic E-state index is 0.184. The molecule has 0 bridgehead atoms. The van der Waals surface area contributed by atoms with Gasteiger partial charge in [-0.3, -0.25) is 4.79 Å². The maximum atomic E-state index is 12.7. The molecule has 2 aromatic carbocycles. The van der Waals surface area contributed by atoms with Crippen LogP contribution in [-0.4, -0.2) is 5.91 Å². The summed E-state index contributed by atoms with van der Waals surface area (Å²) in [6, 6.07) is 10.5. The van der Waals surface area contributed by atoms with Crippen molar-refractivity contribution in [3.8, 4) is 0 Å². The Morgan fingerprint density at radius 2 is 1.73 bits per heavy atom. The molecule has 1 aliphatic heterocycles. The molecule has 0 saturated heterocycles. The number of fused-ring (bicyclic) bond motifs is 1. The number of amides is 1. The molecule has 2 aromatic rings. The quantitative estimate of drug-likeness (QED) is 0.709. The number of anilines is 1. The van der Waals surface area contributed by atoms with Crippen LogP contribution in [-0.2, 0) is 11.0 Å². The van der Waals surface area contributed by atoms with Crippen LogP contribution in [0.1, 0.15) is 16.7 Å². The number of nitrogens with one attached hydrogen (secondary N) is 1. The van der Waals surface area contributed by atoms with Crippen LogP contribution in [0.2, 0.25) is 0 Å². The molecule has 1 heterocycles. The number of hydrogen-bond donors (Lipinski definition) is 1. The highest BCUT2D eigenvalue weighted by Gasteiger charge is 2.33. The van der Waals surface area contributed by atoms with Crippen molar-refractivity contribution >= 4 is 39.2 Å². The van der Waals surface area contributed by atoms with Gasteiger partial charge in [0.2, 0.25) is 0 Å². The highest BCUT2D eigenvalue weighted by atomic mass is 79.9. The molecule has 1 amide bonds. The number of alkyl halides is 3. The summed E-state index contributed by atoms with van der Waals surface area (Å²) in [7, 11) is 0. The van der Waals surface area contributed by atoms with E-state index in [9.17, 15) is 18.0 Å². The van der Waals surface area contributed by atoms with Crippen molar-refractivity contribution < 1.29 is 18.0 Å². The van der Waals surface area contributed by atoms with Crippen LogP contribution in [0.5, 0.6) is 0 Å². The van der Waals surface area contributed by atoms with E-state index in [4.69, 9.17) is 0 Å². The Labute approximate surface area is 132 Å². The van der Waals surface area contributed by atoms with E-state index in [-0.39, 0.29) is 5.69 Å². The summed E-state index contributed by atoms with van der Waals surface area (Å²) < 4.78 is 39.0. The monoisotopic (exact) mass is 367 g/mol. The smallest absolute Gasteiger partial charge is 0.321 e. The van der Waals surface area contributed by atoms with E-state index >= 15 is 0 Å². The number of hydrogen-bond acceptors (Lipinski definition) is 1. The standard InChI is InChI=1S/C16H9BrF3NO/c17-11-4-1-9(2-5-11)7-13-12-6-3-10(16(18,19)20)8-14(12)21-15(13)22/h1-8H,(H,21,22)/b13-7+. The molecule has 6 heteroatoms. The van der Waals surface area contributed by atoms with Gasteiger partial charge in [-0.15, -0.1) is 0 Å². The summed E-state index contributed by atoms with van der Waals surface area (Å²) in [5.41, 5.74) is 1.02. The zero-order valence-electron chi connectivity index (χ0n) is 11.0. The third kappa shape index (κ3) is 2.78. The normalized spacial score (nSPS) is 15.8. The van der Waals surface area contributed by atoms with E-state index in [1.165, 1.54) is 6.07 Å². The highest BCUT2D eigenvalue weighted by Crippen LogP contribution is 2.38. The van der Waals surface area contributed by atoms with Gasteiger partial charge in [0.05, 0.1) is 5.56 Å². The lowest BCUT2D eigenvalue weighted by molar-refractivity contribution is -0.137. The van der Waals surface area contributed by atoms with Gasteiger partial charge in [0, 0.05) is 21.3 Å². The fourth-order valence-electron chi connectivity index (χ4n) is 2.24. The third-order valence-electron chi connectivity index (χ3n) is 3.31. The second kappa shape index (κ2) is 5.28. The van der Waals surface area contributed by atoms with Crippen molar-refractivity contribution in [2.24, 2.45) is 0 Å². The van der Waals surface area contributed by atoms with E-state index in [0.717, 1.165) is 22.2 Å². The van der Waals surface area contributed by atoms with E-state index in [2.05, 4.69) is 21.2 Å². The van der Waals surface area contributed by atoms with E-state index in [0.29, 0.717) is 11.1 Å². The van der Waals surface area contributed by atoms with Crippen LogP contribution in [0, 0.1) is 0 Å². The van der Waals surface area contributed by atoms with E-state index in [1.807, 2.05) is 24.3 Å². The van der Waals surface area contributed by atoms with Crippen LogP contribution in [0.25, 0.3) is 11.6 Å². The van der Waals surface area contributed by atoms with Gasteiger partial charge in [-0.05, 0) is 35.9 Å². The third-order valence-corrected chi connectivity index (χ3v) is 3.84. The topological polar surface area (TPSA) is 29.1 Å². The Balaban J connectivity index is 2.03. The largest absolute Gasteiger partial charge is 0.416 e. The Morgan fingerprint density at radius 1 is 1.05 bits per heavy atom. The summed E-state index contributed by atoms with van der Waals surface area (Å²) in [4.78, 5) is 12.0. The molecule has 112 valence electrons. The zero-order valence-corrected chi connectivity index (χ0v) is 12.6. The second-order valence-corrected chi connectivity index (χ2v) is 5.74. The summed E-state index contributed by atoms with van der Waals surface area (Å²) >= 11 is 3.32. The maximum absolute atomic E-state index is 12.7. The number of carbonyl (C=O) groups excluding carboxylic acids is 1. The minimum Gasteiger partial charge on any atom is -0.321 e. The van der Waals surface area contributed by atoms with Gasteiger partial charge >= 0.3 is 6.18 Å². The van der Waals surface area contributed by atoms with Gasteiger partial charge in [0.15, 0.2) is 0 Å². The van der Waals surface area contributed by atoms with Crippen molar-refractivity contribution in [3.63, 3.8) is 0 Å². The Bertz CT molecular complexity index is 779. The average molecular weight is 368 g/mol. The SMILES string of the molecule is O=C1Nc2cc(C(F)(F)F)ccc2/C1=C\c1ccc(Br)cc1. The summed E-state index contributed by atoms with van der Waals surface area (Å²) in [6.07, 6.45) is -2.78. The van der Waals surface area contributed by atoms with Gasteiger partial charge in [-0.25, -0.2) is 0 Å². The van der Waals surface area contributed by atoms with E-state index < -0.39 is 17.6 Å². The van der Waals surface area contributed by atoms with Gasteiger partial charge in [0.25, 0.3) is 5.91 Å². The van der Waals surface area contributed by atoms with Crippen molar-refractivity contribution in [1.29, 1.82) is 0 Å². The first kappa shape index (κ1) is 14.8. The molecule has 1 aliphatic rings. The second-order valence-electron chi connectivity index (χ2n) is 4.82. The van der Waals surface area contributed by atoms with Crippen molar-refractivity contribution in [2.45, 2.75) is 6.18 Å². The Kier molecular flexibility index (Phi) is 3.56. The first-order valence-electron chi connectivity index (χ1n) is 6.35. The van der Waals surface area contributed by atoms with Gasteiger partial charge in [-0.2, -0.15) is 13.2 Å². The van der Waals surface area contributed by atoms with E-state index in [1.54, 1.807) is 6.08 Å². The minimum atomic E-state index is -4.43. The molecule has 2 nitrogen and oxygen atoms in total. The maximum Gasteiger partial charge on any atom is 0.416 e.